The maximum Gasteiger partial charge on any atom is 0.276 e. The van der Waals surface area contributed by atoms with Gasteiger partial charge < -0.3 is 14.4 Å². The number of piperidine rings is 1. The average molecular weight is 340 g/mol. The Balaban J connectivity index is 1.45. The van der Waals surface area contributed by atoms with Crippen molar-refractivity contribution in [3.8, 4) is 5.75 Å². The van der Waals surface area contributed by atoms with E-state index < -0.39 is 0 Å². The molecule has 1 aromatic carbocycles. The van der Waals surface area contributed by atoms with Crippen LogP contribution in [0.4, 0.5) is 0 Å². The number of aromatic nitrogens is 1. The molecule has 2 aliphatic rings. The summed E-state index contributed by atoms with van der Waals surface area (Å²) in [5.41, 5.74) is 1.72. The molecule has 1 aromatic heterocycles. The number of hydrogen-bond donors (Lipinski definition) is 1. The number of benzene rings is 1. The van der Waals surface area contributed by atoms with Crippen molar-refractivity contribution < 1.29 is 14.3 Å². The summed E-state index contributed by atoms with van der Waals surface area (Å²) in [6, 6.07) is 7.59. The third-order valence-electron chi connectivity index (χ3n) is 5.34. The fourth-order valence-corrected chi connectivity index (χ4v) is 3.75. The molecule has 1 atom stereocenters. The van der Waals surface area contributed by atoms with Crippen LogP contribution in [0.15, 0.2) is 35.1 Å². The first kappa shape index (κ1) is 16.2. The van der Waals surface area contributed by atoms with E-state index in [1.54, 1.807) is 12.1 Å². The van der Waals surface area contributed by atoms with Gasteiger partial charge in [-0.3, -0.25) is 4.79 Å². The number of rotatable bonds is 5. The van der Waals surface area contributed by atoms with Crippen molar-refractivity contribution in [1.82, 2.24) is 9.88 Å². The molecule has 1 amide bonds. The molecule has 5 heteroatoms. The van der Waals surface area contributed by atoms with Gasteiger partial charge in [-0.15, -0.1) is 0 Å². The summed E-state index contributed by atoms with van der Waals surface area (Å²) in [6.45, 7) is 0.802. The highest BCUT2D eigenvalue weighted by atomic mass is 16.3. The van der Waals surface area contributed by atoms with Crippen LogP contribution in [-0.2, 0) is 6.42 Å². The Morgan fingerprint density at radius 2 is 2.00 bits per heavy atom. The molecule has 2 aromatic rings. The van der Waals surface area contributed by atoms with E-state index in [0.29, 0.717) is 11.6 Å². The summed E-state index contributed by atoms with van der Waals surface area (Å²) in [6.07, 6.45) is 8.71. The molecule has 5 nitrogen and oxygen atoms in total. The van der Waals surface area contributed by atoms with Crippen molar-refractivity contribution in [3.63, 3.8) is 0 Å². The summed E-state index contributed by atoms with van der Waals surface area (Å²) in [5, 5.41) is 9.40. The van der Waals surface area contributed by atoms with Gasteiger partial charge in [0.15, 0.2) is 12.1 Å². The molecular weight excluding hydrogens is 316 g/mol. The zero-order valence-electron chi connectivity index (χ0n) is 14.4. The molecule has 0 spiro atoms. The molecule has 1 saturated carbocycles. The third-order valence-corrected chi connectivity index (χ3v) is 5.34. The first-order chi connectivity index (χ1) is 12.2. The number of nitrogens with zero attached hydrogens (tertiary/aromatic N) is 2. The van der Waals surface area contributed by atoms with Crippen LogP contribution in [0.2, 0.25) is 0 Å². The average Bonchev–Trinajstić information content (AvgIpc) is 3.37. The predicted molar refractivity (Wildman–Crippen MR) is 93.6 cm³/mol. The molecule has 132 valence electrons. The van der Waals surface area contributed by atoms with Gasteiger partial charge in [0.2, 0.25) is 0 Å². The quantitative estimate of drug-likeness (QED) is 0.897. The van der Waals surface area contributed by atoms with E-state index in [0.717, 1.165) is 50.8 Å². The highest BCUT2D eigenvalue weighted by molar-refractivity contribution is 5.93. The summed E-state index contributed by atoms with van der Waals surface area (Å²) in [7, 11) is 0. The fourth-order valence-electron chi connectivity index (χ4n) is 3.75. The molecule has 2 heterocycles. The number of carbonyl (C=O) groups is 1. The fraction of sp³-hybridized carbons (Fsp3) is 0.500. The minimum absolute atomic E-state index is 0.0334. The van der Waals surface area contributed by atoms with Gasteiger partial charge in [-0.05, 0) is 62.6 Å². The molecule has 0 radical (unpaired) electrons. The van der Waals surface area contributed by atoms with E-state index in [-0.39, 0.29) is 17.7 Å². The molecular formula is C20H24N2O3. The van der Waals surface area contributed by atoms with E-state index in [1.165, 1.54) is 18.4 Å². The monoisotopic (exact) mass is 340 g/mol. The van der Waals surface area contributed by atoms with Crippen LogP contribution in [0, 0.1) is 0 Å². The Kier molecular flexibility index (Phi) is 4.47. The van der Waals surface area contributed by atoms with Gasteiger partial charge in [-0.1, -0.05) is 12.1 Å². The molecule has 0 unspecified atom stereocenters. The summed E-state index contributed by atoms with van der Waals surface area (Å²) in [4.78, 5) is 19.3. The second-order valence-electron chi connectivity index (χ2n) is 7.19. The van der Waals surface area contributed by atoms with Crippen molar-refractivity contribution in [2.24, 2.45) is 0 Å². The summed E-state index contributed by atoms with van der Waals surface area (Å²) in [5.74, 6) is 1.50. The van der Waals surface area contributed by atoms with Crippen molar-refractivity contribution in [2.45, 2.75) is 56.9 Å². The topological polar surface area (TPSA) is 66.6 Å². The van der Waals surface area contributed by atoms with Crippen LogP contribution in [0.25, 0.3) is 0 Å². The van der Waals surface area contributed by atoms with Crippen molar-refractivity contribution in [1.29, 1.82) is 0 Å². The van der Waals surface area contributed by atoms with E-state index in [9.17, 15) is 9.90 Å². The lowest BCUT2D eigenvalue weighted by Crippen LogP contribution is -2.44. The van der Waals surface area contributed by atoms with Crippen LogP contribution in [0.5, 0.6) is 5.75 Å². The predicted octanol–water partition coefficient (Wildman–Crippen LogP) is 3.89. The van der Waals surface area contributed by atoms with Crippen LogP contribution in [0.3, 0.4) is 0 Å². The van der Waals surface area contributed by atoms with Crippen molar-refractivity contribution in [3.05, 3.63) is 47.7 Å². The first-order valence-electron chi connectivity index (χ1n) is 9.24. The van der Waals surface area contributed by atoms with Crippen molar-refractivity contribution in [2.75, 3.05) is 6.54 Å². The minimum atomic E-state index is 0.0334. The standard InChI is InChI=1S/C20H24N2O3/c23-17-10-5-14(6-11-17)4-9-16-3-1-2-12-22(16)20(24)18-19(15-7-8-15)25-13-21-18/h5-6,10-11,13,15-16,23H,1-4,7-9,12H2/t16-/m1/s1. The van der Waals surface area contributed by atoms with Gasteiger partial charge in [0.25, 0.3) is 5.91 Å². The van der Waals surface area contributed by atoms with Crippen LogP contribution in [-0.4, -0.2) is 33.5 Å². The van der Waals surface area contributed by atoms with Crippen LogP contribution < -0.4 is 0 Å². The van der Waals surface area contributed by atoms with Gasteiger partial charge in [0.05, 0.1) is 0 Å². The van der Waals surface area contributed by atoms with Crippen LogP contribution >= 0.6 is 0 Å². The number of aromatic hydroxyl groups is 1. The molecule has 1 aliphatic heterocycles. The maximum absolute atomic E-state index is 13.1. The van der Waals surface area contributed by atoms with E-state index in [1.807, 2.05) is 17.0 Å². The Labute approximate surface area is 147 Å². The molecule has 2 fully saturated rings. The zero-order valence-corrected chi connectivity index (χ0v) is 14.4. The SMILES string of the molecule is O=C(c1ncoc1C1CC1)N1CCCC[C@@H]1CCc1ccc(O)cc1. The summed E-state index contributed by atoms with van der Waals surface area (Å²) < 4.78 is 5.49. The molecule has 1 saturated heterocycles. The number of likely N-dealkylation sites (tertiary alicyclic amines) is 1. The van der Waals surface area contributed by atoms with E-state index >= 15 is 0 Å². The number of amides is 1. The highest BCUT2D eigenvalue weighted by Gasteiger charge is 2.36. The maximum atomic E-state index is 13.1. The van der Waals surface area contributed by atoms with Gasteiger partial charge in [-0.25, -0.2) is 4.98 Å². The largest absolute Gasteiger partial charge is 0.508 e. The Morgan fingerprint density at radius 3 is 2.76 bits per heavy atom. The Bertz CT molecular complexity index is 734. The van der Waals surface area contributed by atoms with E-state index in [2.05, 4.69) is 4.98 Å². The van der Waals surface area contributed by atoms with Crippen LogP contribution in [0.1, 0.15) is 66.3 Å². The first-order valence-corrected chi connectivity index (χ1v) is 9.24. The van der Waals surface area contributed by atoms with E-state index in [4.69, 9.17) is 4.42 Å². The second-order valence-corrected chi connectivity index (χ2v) is 7.19. The smallest absolute Gasteiger partial charge is 0.276 e. The lowest BCUT2D eigenvalue weighted by Gasteiger charge is -2.35. The van der Waals surface area contributed by atoms with Crippen molar-refractivity contribution >= 4 is 5.91 Å². The number of phenolic OH excluding ortho intramolecular Hbond substituents is 1. The second kappa shape index (κ2) is 6.90. The van der Waals surface area contributed by atoms with Gasteiger partial charge in [0, 0.05) is 18.5 Å². The van der Waals surface area contributed by atoms with Gasteiger partial charge >= 0.3 is 0 Å². The minimum Gasteiger partial charge on any atom is -0.508 e. The number of aryl methyl sites for hydroxylation is 1. The van der Waals surface area contributed by atoms with Gasteiger partial charge in [-0.2, -0.15) is 0 Å². The highest BCUT2D eigenvalue weighted by Crippen LogP contribution is 2.42. The molecule has 25 heavy (non-hydrogen) atoms. The lowest BCUT2D eigenvalue weighted by molar-refractivity contribution is 0.0594. The zero-order chi connectivity index (χ0) is 17.2. The Morgan fingerprint density at radius 1 is 1.20 bits per heavy atom. The number of hydrogen-bond acceptors (Lipinski definition) is 4. The summed E-state index contributed by atoms with van der Waals surface area (Å²) >= 11 is 0. The lowest BCUT2D eigenvalue weighted by atomic mass is 9.95. The number of carbonyl (C=O) groups excluding carboxylic acids is 1. The molecule has 1 N–H and O–H groups in total. The molecule has 1 aliphatic carbocycles. The number of oxazole rings is 1. The third kappa shape index (κ3) is 3.55. The van der Waals surface area contributed by atoms with Gasteiger partial charge in [0.1, 0.15) is 11.5 Å². The molecule has 4 rings (SSSR count). The normalized spacial score (nSPS) is 20.6. The number of phenols is 1. The Hall–Kier alpha value is -2.30. The molecule has 0 bridgehead atoms.